The van der Waals surface area contributed by atoms with E-state index in [9.17, 15) is 0 Å². The second-order valence-corrected chi connectivity index (χ2v) is 4.88. The fraction of sp³-hybridized carbons (Fsp3) is 0.176. The molecule has 0 aliphatic carbocycles. The van der Waals surface area contributed by atoms with Gasteiger partial charge in [-0.3, -0.25) is 9.97 Å². The number of para-hydroxylation sites is 1. The summed E-state index contributed by atoms with van der Waals surface area (Å²) in [4.78, 5) is 8.72. The minimum atomic E-state index is 0.122. The van der Waals surface area contributed by atoms with Gasteiger partial charge in [-0.25, -0.2) is 0 Å². The SMILES string of the molecule is CNC(c1ccncc1C)c1cccc2cccnc12. The van der Waals surface area contributed by atoms with E-state index in [0.717, 1.165) is 10.9 Å². The molecular weight excluding hydrogens is 246 g/mol. The Hall–Kier alpha value is -2.26. The Morgan fingerprint density at radius 1 is 1.00 bits per heavy atom. The van der Waals surface area contributed by atoms with Crippen LogP contribution in [0.1, 0.15) is 22.7 Å². The van der Waals surface area contributed by atoms with E-state index in [1.165, 1.54) is 16.7 Å². The third-order valence-corrected chi connectivity index (χ3v) is 3.64. The number of hydrogen-bond donors (Lipinski definition) is 1. The van der Waals surface area contributed by atoms with Crippen LogP contribution in [-0.2, 0) is 0 Å². The molecule has 0 amide bonds. The number of benzene rings is 1. The van der Waals surface area contributed by atoms with Gasteiger partial charge in [0.15, 0.2) is 0 Å². The van der Waals surface area contributed by atoms with Crippen molar-refractivity contribution in [2.24, 2.45) is 0 Å². The molecule has 0 saturated heterocycles. The molecule has 2 heterocycles. The zero-order valence-electron chi connectivity index (χ0n) is 11.7. The molecule has 1 unspecified atom stereocenters. The van der Waals surface area contributed by atoms with Gasteiger partial charge in [0, 0.05) is 24.0 Å². The number of hydrogen-bond acceptors (Lipinski definition) is 3. The molecule has 1 atom stereocenters. The number of nitrogens with zero attached hydrogens (tertiary/aromatic N) is 2. The van der Waals surface area contributed by atoms with Crippen LogP contribution in [-0.4, -0.2) is 17.0 Å². The van der Waals surface area contributed by atoms with Gasteiger partial charge in [-0.1, -0.05) is 24.3 Å². The minimum absolute atomic E-state index is 0.122. The van der Waals surface area contributed by atoms with Gasteiger partial charge >= 0.3 is 0 Å². The van der Waals surface area contributed by atoms with Crippen molar-refractivity contribution in [3.8, 4) is 0 Å². The summed E-state index contributed by atoms with van der Waals surface area (Å²) in [5.74, 6) is 0. The van der Waals surface area contributed by atoms with Gasteiger partial charge in [0.2, 0.25) is 0 Å². The summed E-state index contributed by atoms with van der Waals surface area (Å²) < 4.78 is 0. The maximum atomic E-state index is 4.55. The first-order chi connectivity index (χ1) is 9.81. The van der Waals surface area contributed by atoms with E-state index in [0.29, 0.717) is 0 Å². The quantitative estimate of drug-likeness (QED) is 0.788. The van der Waals surface area contributed by atoms with E-state index < -0.39 is 0 Å². The van der Waals surface area contributed by atoms with Gasteiger partial charge in [0.25, 0.3) is 0 Å². The zero-order chi connectivity index (χ0) is 13.9. The first-order valence-corrected chi connectivity index (χ1v) is 6.72. The number of rotatable bonds is 3. The lowest BCUT2D eigenvalue weighted by Crippen LogP contribution is -2.19. The van der Waals surface area contributed by atoms with E-state index in [1.54, 1.807) is 0 Å². The van der Waals surface area contributed by atoms with Crippen molar-refractivity contribution in [3.05, 3.63) is 71.7 Å². The summed E-state index contributed by atoms with van der Waals surface area (Å²) in [5.41, 5.74) is 4.66. The Kier molecular flexibility index (Phi) is 3.44. The molecule has 0 aliphatic heterocycles. The standard InChI is InChI=1S/C17H17N3/c1-12-11-19-10-8-14(12)17(18-2)15-7-3-5-13-6-4-9-20-16(13)15/h3-11,17-18H,1-2H3. The highest BCUT2D eigenvalue weighted by molar-refractivity contribution is 5.82. The molecule has 1 aromatic carbocycles. The molecule has 0 aliphatic rings. The Morgan fingerprint density at radius 3 is 2.65 bits per heavy atom. The van der Waals surface area contributed by atoms with Gasteiger partial charge in [-0.15, -0.1) is 0 Å². The van der Waals surface area contributed by atoms with Gasteiger partial charge in [-0.2, -0.15) is 0 Å². The highest BCUT2D eigenvalue weighted by Gasteiger charge is 2.17. The molecule has 3 rings (SSSR count). The molecule has 100 valence electrons. The summed E-state index contributed by atoms with van der Waals surface area (Å²) in [6, 6.07) is 12.6. The second-order valence-electron chi connectivity index (χ2n) is 4.88. The van der Waals surface area contributed by atoms with E-state index in [1.807, 2.05) is 31.7 Å². The Bertz CT molecular complexity index is 732. The van der Waals surface area contributed by atoms with Crippen molar-refractivity contribution in [1.29, 1.82) is 0 Å². The van der Waals surface area contributed by atoms with Crippen LogP contribution in [0, 0.1) is 6.92 Å². The summed E-state index contributed by atoms with van der Waals surface area (Å²) in [6.07, 6.45) is 5.58. The van der Waals surface area contributed by atoms with Crippen LogP contribution in [0.2, 0.25) is 0 Å². The monoisotopic (exact) mass is 263 g/mol. The molecule has 0 radical (unpaired) electrons. The van der Waals surface area contributed by atoms with Gasteiger partial charge in [0.1, 0.15) is 0 Å². The fourth-order valence-electron chi connectivity index (χ4n) is 2.65. The van der Waals surface area contributed by atoms with Gasteiger partial charge < -0.3 is 5.32 Å². The minimum Gasteiger partial charge on any atom is -0.309 e. The van der Waals surface area contributed by atoms with Crippen molar-refractivity contribution in [2.45, 2.75) is 13.0 Å². The lowest BCUT2D eigenvalue weighted by Gasteiger charge is -2.20. The molecule has 0 bridgehead atoms. The molecule has 2 aromatic heterocycles. The van der Waals surface area contributed by atoms with Crippen LogP contribution < -0.4 is 5.32 Å². The van der Waals surface area contributed by atoms with E-state index >= 15 is 0 Å². The fourth-order valence-corrected chi connectivity index (χ4v) is 2.65. The maximum Gasteiger partial charge on any atom is 0.0753 e. The van der Waals surface area contributed by atoms with E-state index in [4.69, 9.17) is 0 Å². The topological polar surface area (TPSA) is 37.8 Å². The predicted octanol–water partition coefficient (Wildman–Crippen LogP) is 3.25. The van der Waals surface area contributed by atoms with Crippen molar-refractivity contribution in [3.63, 3.8) is 0 Å². The predicted molar refractivity (Wildman–Crippen MR) is 81.6 cm³/mol. The van der Waals surface area contributed by atoms with Crippen LogP contribution in [0.15, 0.2) is 55.0 Å². The summed E-state index contributed by atoms with van der Waals surface area (Å²) in [6.45, 7) is 2.09. The molecule has 20 heavy (non-hydrogen) atoms. The molecule has 3 nitrogen and oxygen atoms in total. The third kappa shape index (κ3) is 2.17. The molecule has 0 fully saturated rings. The zero-order valence-corrected chi connectivity index (χ0v) is 11.7. The first-order valence-electron chi connectivity index (χ1n) is 6.72. The second kappa shape index (κ2) is 5.39. The normalized spacial score (nSPS) is 12.5. The van der Waals surface area contributed by atoms with Crippen LogP contribution in [0.25, 0.3) is 10.9 Å². The number of pyridine rings is 2. The van der Waals surface area contributed by atoms with Crippen LogP contribution in [0.4, 0.5) is 0 Å². The van der Waals surface area contributed by atoms with Crippen LogP contribution in [0.3, 0.4) is 0 Å². The third-order valence-electron chi connectivity index (χ3n) is 3.64. The van der Waals surface area contributed by atoms with Gasteiger partial charge in [-0.05, 0) is 42.8 Å². The molecule has 0 saturated carbocycles. The van der Waals surface area contributed by atoms with Crippen molar-refractivity contribution in [1.82, 2.24) is 15.3 Å². The molecule has 3 aromatic rings. The molecule has 3 heteroatoms. The lowest BCUT2D eigenvalue weighted by molar-refractivity contribution is 0.690. The van der Waals surface area contributed by atoms with Crippen LogP contribution in [0.5, 0.6) is 0 Å². The largest absolute Gasteiger partial charge is 0.309 e. The molecule has 1 N–H and O–H groups in total. The summed E-state index contributed by atoms with van der Waals surface area (Å²) in [5, 5.41) is 4.56. The Labute approximate surface area is 118 Å². The van der Waals surface area contributed by atoms with Crippen molar-refractivity contribution < 1.29 is 0 Å². The maximum absolute atomic E-state index is 4.55. The average Bonchev–Trinajstić information content (AvgIpc) is 2.50. The summed E-state index contributed by atoms with van der Waals surface area (Å²) >= 11 is 0. The number of aromatic nitrogens is 2. The number of fused-ring (bicyclic) bond motifs is 1. The average molecular weight is 263 g/mol. The van der Waals surface area contributed by atoms with Crippen LogP contribution >= 0.6 is 0 Å². The Morgan fingerprint density at radius 2 is 1.85 bits per heavy atom. The van der Waals surface area contributed by atoms with E-state index in [-0.39, 0.29) is 6.04 Å². The summed E-state index contributed by atoms with van der Waals surface area (Å²) in [7, 11) is 1.98. The van der Waals surface area contributed by atoms with Gasteiger partial charge in [0.05, 0.1) is 11.6 Å². The first kappa shape index (κ1) is 12.8. The molecule has 0 spiro atoms. The number of aryl methyl sites for hydroxylation is 1. The van der Waals surface area contributed by atoms with Crippen molar-refractivity contribution >= 4 is 10.9 Å². The molecular formula is C17H17N3. The number of nitrogens with one attached hydrogen (secondary N) is 1. The van der Waals surface area contributed by atoms with E-state index in [2.05, 4.69) is 52.5 Å². The van der Waals surface area contributed by atoms with Crippen molar-refractivity contribution in [2.75, 3.05) is 7.05 Å². The lowest BCUT2D eigenvalue weighted by atomic mass is 9.94. The smallest absolute Gasteiger partial charge is 0.0753 e. The highest BCUT2D eigenvalue weighted by Crippen LogP contribution is 2.28. The highest BCUT2D eigenvalue weighted by atomic mass is 14.9. The Balaban J connectivity index is 2.20.